The van der Waals surface area contributed by atoms with E-state index in [0.29, 0.717) is 16.9 Å². The van der Waals surface area contributed by atoms with E-state index in [-0.39, 0.29) is 0 Å². The SMILES string of the molecule is c1ccc(-c2nc3ccc4nccnc4c3nc2-c2ccccn2)nc1. The Labute approximate surface area is 148 Å². The zero-order chi connectivity index (χ0) is 17.3. The van der Waals surface area contributed by atoms with Crippen molar-refractivity contribution in [2.45, 2.75) is 0 Å². The van der Waals surface area contributed by atoms with Gasteiger partial charge in [0.1, 0.15) is 22.4 Å². The summed E-state index contributed by atoms with van der Waals surface area (Å²) in [5.41, 5.74) is 5.82. The first-order chi connectivity index (χ1) is 12.9. The zero-order valence-electron chi connectivity index (χ0n) is 13.6. The molecule has 0 N–H and O–H groups in total. The molecule has 0 spiro atoms. The summed E-state index contributed by atoms with van der Waals surface area (Å²) in [7, 11) is 0. The lowest BCUT2D eigenvalue weighted by Gasteiger charge is -2.10. The fraction of sp³-hybridized carbons (Fsp3) is 0. The summed E-state index contributed by atoms with van der Waals surface area (Å²) in [4.78, 5) is 27.4. The van der Waals surface area contributed by atoms with Crippen LogP contribution in [0.15, 0.2) is 73.3 Å². The summed E-state index contributed by atoms with van der Waals surface area (Å²) < 4.78 is 0. The maximum atomic E-state index is 4.88. The van der Waals surface area contributed by atoms with Crippen molar-refractivity contribution in [2.24, 2.45) is 0 Å². The number of hydrogen-bond donors (Lipinski definition) is 0. The minimum absolute atomic E-state index is 0.676. The Bertz CT molecular complexity index is 1220. The highest BCUT2D eigenvalue weighted by molar-refractivity contribution is 6.01. The van der Waals surface area contributed by atoms with Crippen molar-refractivity contribution >= 4 is 22.1 Å². The smallest absolute Gasteiger partial charge is 0.117 e. The molecule has 0 aliphatic heterocycles. The third-order valence-electron chi connectivity index (χ3n) is 4.09. The van der Waals surface area contributed by atoms with Gasteiger partial charge < -0.3 is 0 Å². The fourth-order valence-corrected chi connectivity index (χ4v) is 2.91. The second-order valence-electron chi connectivity index (χ2n) is 5.71. The summed E-state index contributed by atoms with van der Waals surface area (Å²) in [6.07, 6.45) is 6.82. The molecule has 0 amide bonds. The molecule has 6 heteroatoms. The molecule has 0 aliphatic rings. The molecule has 0 unspecified atom stereocenters. The van der Waals surface area contributed by atoms with E-state index in [9.17, 15) is 0 Å². The molecule has 122 valence electrons. The zero-order valence-corrected chi connectivity index (χ0v) is 13.6. The molecule has 5 rings (SSSR count). The Hall–Kier alpha value is -3.80. The summed E-state index contributed by atoms with van der Waals surface area (Å²) in [5, 5.41) is 0. The summed E-state index contributed by atoms with van der Waals surface area (Å²) in [6.45, 7) is 0. The Kier molecular flexibility index (Phi) is 3.31. The van der Waals surface area contributed by atoms with E-state index in [4.69, 9.17) is 9.97 Å². The van der Waals surface area contributed by atoms with Gasteiger partial charge in [-0.1, -0.05) is 12.1 Å². The van der Waals surface area contributed by atoms with Gasteiger partial charge in [0.25, 0.3) is 0 Å². The van der Waals surface area contributed by atoms with Crippen molar-refractivity contribution in [3.8, 4) is 22.8 Å². The predicted molar refractivity (Wildman–Crippen MR) is 99.1 cm³/mol. The van der Waals surface area contributed by atoms with Crippen molar-refractivity contribution < 1.29 is 0 Å². The molecule has 0 bridgehead atoms. The van der Waals surface area contributed by atoms with Gasteiger partial charge in [0.05, 0.1) is 22.4 Å². The Balaban J connectivity index is 1.90. The van der Waals surface area contributed by atoms with Crippen LogP contribution in [0.25, 0.3) is 44.8 Å². The second kappa shape index (κ2) is 5.93. The van der Waals surface area contributed by atoms with Crippen LogP contribution in [0.1, 0.15) is 0 Å². The number of fused-ring (bicyclic) bond motifs is 3. The highest BCUT2D eigenvalue weighted by Crippen LogP contribution is 2.30. The van der Waals surface area contributed by atoms with Crippen LogP contribution in [0.4, 0.5) is 0 Å². The van der Waals surface area contributed by atoms with Crippen molar-refractivity contribution in [3.63, 3.8) is 0 Å². The largest absolute Gasteiger partial charge is 0.255 e. The van der Waals surface area contributed by atoms with Crippen molar-refractivity contribution in [1.29, 1.82) is 0 Å². The molecule has 0 saturated carbocycles. The summed E-state index contributed by atoms with van der Waals surface area (Å²) >= 11 is 0. The monoisotopic (exact) mass is 336 g/mol. The molecule has 0 radical (unpaired) electrons. The number of benzene rings is 1. The first kappa shape index (κ1) is 14.5. The van der Waals surface area contributed by atoms with Crippen molar-refractivity contribution in [2.75, 3.05) is 0 Å². The van der Waals surface area contributed by atoms with Gasteiger partial charge >= 0.3 is 0 Å². The van der Waals surface area contributed by atoms with Crippen LogP contribution in [0.3, 0.4) is 0 Å². The maximum absolute atomic E-state index is 4.88. The normalized spacial score (nSPS) is 11.1. The van der Waals surface area contributed by atoms with Crippen LogP contribution in [-0.2, 0) is 0 Å². The molecule has 26 heavy (non-hydrogen) atoms. The van der Waals surface area contributed by atoms with Crippen LogP contribution < -0.4 is 0 Å². The van der Waals surface area contributed by atoms with Gasteiger partial charge in [0.15, 0.2) is 0 Å². The minimum atomic E-state index is 0.676. The third-order valence-corrected chi connectivity index (χ3v) is 4.09. The van der Waals surface area contributed by atoms with Crippen molar-refractivity contribution in [3.05, 3.63) is 73.3 Å². The molecule has 0 atom stereocenters. The van der Waals surface area contributed by atoms with Crippen LogP contribution in [0.5, 0.6) is 0 Å². The van der Waals surface area contributed by atoms with E-state index in [2.05, 4.69) is 19.9 Å². The lowest BCUT2D eigenvalue weighted by molar-refractivity contribution is 1.20. The van der Waals surface area contributed by atoms with E-state index in [1.54, 1.807) is 24.8 Å². The van der Waals surface area contributed by atoms with Crippen LogP contribution in [0.2, 0.25) is 0 Å². The molecular weight excluding hydrogens is 324 g/mol. The van der Waals surface area contributed by atoms with Gasteiger partial charge in [-0.15, -0.1) is 0 Å². The Morgan fingerprint density at radius 2 is 1.12 bits per heavy atom. The Morgan fingerprint density at radius 3 is 1.81 bits per heavy atom. The van der Waals surface area contributed by atoms with Gasteiger partial charge in [0.2, 0.25) is 0 Å². The standard InChI is InChI=1S/C20H12N6/c1-3-9-21-13(5-1)18-19(14-6-2-4-10-22-14)26-20-16(25-18)8-7-15-17(20)24-12-11-23-15/h1-12H. The fourth-order valence-electron chi connectivity index (χ4n) is 2.91. The molecule has 6 nitrogen and oxygen atoms in total. The van der Waals surface area contributed by atoms with Gasteiger partial charge in [-0.3, -0.25) is 19.9 Å². The van der Waals surface area contributed by atoms with Gasteiger partial charge in [-0.05, 0) is 36.4 Å². The van der Waals surface area contributed by atoms with Crippen LogP contribution in [-0.4, -0.2) is 29.9 Å². The van der Waals surface area contributed by atoms with Crippen LogP contribution in [0, 0.1) is 0 Å². The molecular formula is C20H12N6. The number of aromatic nitrogens is 6. The topological polar surface area (TPSA) is 77.3 Å². The van der Waals surface area contributed by atoms with E-state index < -0.39 is 0 Å². The number of pyridine rings is 2. The molecule has 1 aromatic carbocycles. The highest BCUT2D eigenvalue weighted by Gasteiger charge is 2.16. The number of hydrogen-bond acceptors (Lipinski definition) is 6. The molecule has 0 saturated heterocycles. The molecule has 4 heterocycles. The Morgan fingerprint density at radius 1 is 0.462 bits per heavy atom. The summed E-state index contributed by atoms with van der Waals surface area (Å²) in [5.74, 6) is 0. The van der Waals surface area contributed by atoms with E-state index >= 15 is 0 Å². The van der Waals surface area contributed by atoms with E-state index in [0.717, 1.165) is 27.9 Å². The molecule has 4 aromatic heterocycles. The number of rotatable bonds is 2. The van der Waals surface area contributed by atoms with Gasteiger partial charge in [-0.2, -0.15) is 0 Å². The van der Waals surface area contributed by atoms with E-state index in [1.807, 2.05) is 48.5 Å². The lowest BCUT2D eigenvalue weighted by Crippen LogP contribution is -1.99. The molecule has 0 aliphatic carbocycles. The maximum Gasteiger partial charge on any atom is 0.117 e. The summed E-state index contributed by atoms with van der Waals surface area (Å²) in [6, 6.07) is 15.3. The average molecular weight is 336 g/mol. The third kappa shape index (κ3) is 2.36. The quantitative estimate of drug-likeness (QED) is 0.457. The van der Waals surface area contributed by atoms with Gasteiger partial charge in [-0.25, -0.2) is 9.97 Å². The minimum Gasteiger partial charge on any atom is -0.255 e. The first-order valence-corrected chi connectivity index (χ1v) is 8.14. The van der Waals surface area contributed by atoms with Crippen molar-refractivity contribution in [1.82, 2.24) is 29.9 Å². The number of nitrogens with zero attached hydrogens (tertiary/aromatic N) is 6. The molecule has 5 aromatic rings. The predicted octanol–water partition coefficient (Wildman–Crippen LogP) is 3.70. The highest BCUT2D eigenvalue weighted by atomic mass is 14.9. The van der Waals surface area contributed by atoms with Crippen LogP contribution >= 0.6 is 0 Å². The average Bonchev–Trinajstić information content (AvgIpc) is 2.74. The molecule has 0 fully saturated rings. The second-order valence-corrected chi connectivity index (χ2v) is 5.71. The first-order valence-electron chi connectivity index (χ1n) is 8.14. The van der Waals surface area contributed by atoms with E-state index in [1.165, 1.54) is 0 Å². The lowest BCUT2D eigenvalue weighted by atomic mass is 10.1. The van der Waals surface area contributed by atoms with Gasteiger partial charge in [0, 0.05) is 24.8 Å².